The lowest BCUT2D eigenvalue weighted by molar-refractivity contribution is -0.115. The second-order valence-electron chi connectivity index (χ2n) is 6.64. The van der Waals surface area contributed by atoms with Crippen LogP contribution in [0.5, 0.6) is 0 Å². The van der Waals surface area contributed by atoms with E-state index in [0.717, 1.165) is 39.1 Å². The first-order valence-corrected chi connectivity index (χ1v) is 7.93. The van der Waals surface area contributed by atoms with E-state index in [0.29, 0.717) is 12.1 Å². The molecule has 0 aromatic rings. The Morgan fingerprint density at radius 1 is 1.26 bits per heavy atom. The van der Waals surface area contributed by atoms with Crippen LogP contribution in [0.25, 0.3) is 0 Å². The Balaban J connectivity index is 1.69. The number of nitrogens with zero attached hydrogens (tertiary/aromatic N) is 1. The van der Waals surface area contributed by atoms with Gasteiger partial charge in [0.1, 0.15) is 0 Å². The van der Waals surface area contributed by atoms with Gasteiger partial charge in [0, 0.05) is 37.8 Å². The van der Waals surface area contributed by atoms with Crippen LogP contribution in [0.15, 0.2) is 0 Å². The molecule has 19 heavy (non-hydrogen) atoms. The highest BCUT2D eigenvalue weighted by atomic mass is 16.6. The molecular weight excluding hydrogens is 240 g/mol. The first-order valence-electron chi connectivity index (χ1n) is 7.93. The summed E-state index contributed by atoms with van der Waals surface area (Å²) in [6.45, 7) is 5.92. The van der Waals surface area contributed by atoms with E-state index in [1.54, 1.807) is 0 Å². The topological polar surface area (TPSA) is 47.7 Å². The Bertz CT molecular complexity index is 303. The molecule has 3 heterocycles. The molecule has 4 unspecified atom stereocenters. The molecular formula is C15H28N2O2. The molecule has 110 valence electrons. The first kappa shape index (κ1) is 13.8. The van der Waals surface area contributed by atoms with Gasteiger partial charge in [-0.3, -0.25) is 4.90 Å². The van der Waals surface area contributed by atoms with Crippen molar-refractivity contribution in [3.8, 4) is 0 Å². The molecule has 0 aromatic carbocycles. The van der Waals surface area contributed by atoms with Gasteiger partial charge in [0.15, 0.2) is 0 Å². The largest absolute Gasteiger partial charge is 0.378 e. The Hall–Kier alpha value is -0.160. The Labute approximate surface area is 116 Å². The van der Waals surface area contributed by atoms with Crippen molar-refractivity contribution >= 4 is 0 Å². The second-order valence-corrected chi connectivity index (χ2v) is 6.64. The molecule has 0 radical (unpaired) electrons. The van der Waals surface area contributed by atoms with E-state index >= 15 is 0 Å². The summed E-state index contributed by atoms with van der Waals surface area (Å²) in [5.41, 5.74) is 6.23. The quantitative estimate of drug-likeness (QED) is 0.825. The minimum Gasteiger partial charge on any atom is -0.378 e. The van der Waals surface area contributed by atoms with Crippen molar-refractivity contribution < 1.29 is 9.47 Å². The molecule has 3 fully saturated rings. The summed E-state index contributed by atoms with van der Waals surface area (Å²) in [5, 5.41) is 0. The molecule has 0 bridgehead atoms. The minimum absolute atomic E-state index is 0.0166. The predicted molar refractivity (Wildman–Crippen MR) is 75.1 cm³/mol. The van der Waals surface area contributed by atoms with Crippen molar-refractivity contribution in [3.05, 3.63) is 0 Å². The fourth-order valence-corrected chi connectivity index (χ4v) is 4.15. The Kier molecular flexibility index (Phi) is 4.13. The summed E-state index contributed by atoms with van der Waals surface area (Å²) in [6, 6.07) is 1.49. The highest BCUT2D eigenvalue weighted by molar-refractivity contribution is 4.96. The smallest absolute Gasteiger partial charge is 0.0951 e. The summed E-state index contributed by atoms with van der Waals surface area (Å²) >= 11 is 0. The maximum atomic E-state index is 6.21. The van der Waals surface area contributed by atoms with Crippen LogP contribution in [0.2, 0.25) is 0 Å². The number of rotatable bonds is 2. The van der Waals surface area contributed by atoms with Gasteiger partial charge in [0.2, 0.25) is 0 Å². The average Bonchev–Trinajstić information content (AvgIpc) is 2.86. The van der Waals surface area contributed by atoms with E-state index < -0.39 is 0 Å². The van der Waals surface area contributed by atoms with Gasteiger partial charge < -0.3 is 15.2 Å². The third-order valence-electron chi connectivity index (χ3n) is 5.20. The Morgan fingerprint density at radius 3 is 2.89 bits per heavy atom. The van der Waals surface area contributed by atoms with E-state index in [-0.39, 0.29) is 11.6 Å². The highest BCUT2D eigenvalue weighted by Crippen LogP contribution is 2.36. The van der Waals surface area contributed by atoms with E-state index in [1.807, 2.05) is 0 Å². The zero-order valence-corrected chi connectivity index (χ0v) is 12.1. The zero-order chi connectivity index (χ0) is 13.3. The maximum Gasteiger partial charge on any atom is 0.0951 e. The summed E-state index contributed by atoms with van der Waals surface area (Å²) in [4.78, 5) is 2.69. The van der Waals surface area contributed by atoms with Crippen LogP contribution in [0, 0.1) is 0 Å². The number of piperidine rings is 1. The molecule has 3 saturated heterocycles. The molecule has 3 aliphatic heterocycles. The molecule has 3 rings (SSSR count). The van der Waals surface area contributed by atoms with Crippen LogP contribution in [0.3, 0.4) is 0 Å². The molecule has 3 aliphatic rings. The number of hydrogen-bond acceptors (Lipinski definition) is 4. The summed E-state index contributed by atoms with van der Waals surface area (Å²) < 4.78 is 11.6. The van der Waals surface area contributed by atoms with Crippen molar-refractivity contribution in [1.29, 1.82) is 0 Å². The predicted octanol–water partition coefficient (Wildman–Crippen LogP) is 1.53. The standard InChI is InChI=1S/C15H28N2O2/c1-12(16)14-4-2-3-7-17(14)13-5-8-19-15(10-13)6-9-18-11-15/h12-14H,2-11,16H2,1H3. The lowest BCUT2D eigenvalue weighted by Crippen LogP contribution is -2.57. The fourth-order valence-electron chi connectivity index (χ4n) is 4.15. The summed E-state index contributed by atoms with van der Waals surface area (Å²) in [7, 11) is 0. The SMILES string of the molecule is CC(N)C1CCCCN1C1CCOC2(CCOC2)C1. The van der Waals surface area contributed by atoms with Crippen LogP contribution >= 0.6 is 0 Å². The van der Waals surface area contributed by atoms with Gasteiger partial charge >= 0.3 is 0 Å². The molecule has 2 N–H and O–H groups in total. The van der Waals surface area contributed by atoms with Crippen LogP contribution in [-0.4, -0.2) is 55.0 Å². The first-order chi connectivity index (χ1) is 9.20. The third kappa shape index (κ3) is 2.82. The van der Waals surface area contributed by atoms with Gasteiger partial charge in [-0.1, -0.05) is 6.42 Å². The molecule has 1 spiro atoms. The maximum absolute atomic E-state index is 6.21. The van der Waals surface area contributed by atoms with Crippen molar-refractivity contribution in [1.82, 2.24) is 4.90 Å². The highest BCUT2D eigenvalue weighted by Gasteiger charge is 2.44. The van der Waals surface area contributed by atoms with Gasteiger partial charge in [-0.15, -0.1) is 0 Å². The van der Waals surface area contributed by atoms with Crippen molar-refractivity contribution in [2.75, 3.05) is 26.4 Å². The summed E-state index contributed by atoms with van der Waals surface area (Å²) in [6.07, 6.45) is 7.28. The number of ether oxygens (including phenoxy) is 2. The minimum atomic E-state index is 0.0166. The molecule has 0 amide bonds. The van der Waals surface area contributed by atoms with Gasteiger partial charge in [-0.05, 0) is 39.2 Å². The number of hydrogen-bond donors (Lipinski definition) is 1. The monoisotopic (exact) mass is 268 g/mol. The van der Waals surface area contributed by atoms with E-state index in [9.17, 15) is 0 Å². The van der Waals surface area contributed by atoms with Crippen molar-refractivity contribution in [2.24, 2.45) is 5.73 Å². The van der Waals surface area contributed by atoms with E-state index in [1.165, 1.54) is 25.8 Å². The van der Waals surface area contributed by atoms with Crippen LogP contribution in [0.1, 0.15) is 45.4 Å². The van der Waals surface area contributed by atoms with Gasteiger partial charge in [0.05, 0.1) is 12.2 Å². The molecule has 0 aliphatic carbocycles. The third-order valence-corrected chi connectivity index (χ3v) is 5.20. The van der Waals surface area contributed by atoms with Gasteiger partial charge in [-0.25, -0.2) is 0 Å². The molecule has 4 heteroatoms. The van der Waals surface area contributed by atoms with Gasteiger partial charge in [-0.2, -0.15) is 0 Å². The zero-order valence-electron chi connectivity index (χ0n) is 12.1. The Morgan fingerprint density at radius 2 is 2.16 bits per heavy atom. The number of nitrogens with two attached hydrogens (primary N) is 1. The van der Waals surface area contributed by atoms with Crippen LogP contribution < -0.4 is 5.73 Å². The number of likely N-dealkylation sites (tertiary alicyclic amines) is 1. The lowest BCUT2D eigenvalue weighted by Gasteiger charge is -2.48. The van der Waals surface area contributed by atoms with Crippen molar-refractivity contribution in [2.45, 2.75) is 69.2 Å². The fraction of sp³-hybridized carbons (Fsp3) is 1.00. The average molecular weight is 268 g/mol. The van der Waals surface area contributed by atoms with Gasteiger partial charge in [0.25, 0.3) is 0 Å². The molecule has 4 atom stereocenters. The molecule has 0 saturated carbocycles. The molecule has 4 nitrogen and oxygen atoms in total. The molecule has 0 aromatic heterocycles. The van der Waals surface area contributed by atoms with E-state index in [2.05, 4.69) is 11.8 Å². The van der Waals surface area contributed by atoms with Crippen LogP contribution in [-0.2, 0) is 9.47 Å². The van der Waals surface area contributed by atoms with Crippen LogP contribution in [0.4, 0.5) is 0 Å². The second kappa shape index (κ2) is 5.68. The van der Waals surface area contributed by atoms with Crippen molar-refractivity contribution in [3.63, 3.8) is 0 Å². The normalized spacial score (nSPS) is 42.6. The van der Waals surface area contributed by atoms with E-state index in [4.69, 9.17) is 15.2 Å². The lowest BCUT2D eigenvalue weighted by atomic mass is 9.85. The summed E-state index contributed by atoms with van der Waals surface area (Å²) in [5.74, 6) is 0.